The monoisotopic (exact) mass is 266 g/mol. The van der Waals surface area contributed by atoms with E-state index >= 15 is 0 Å². The third-order valence-electron chi connectivity index (χ3n) is 2.89. The van der Waals surface area contributed by atoms with Crippen LogP contribution in [-0.2, 0) is 4.79 Å². The summed E-state index contributed by atoms with van der Waals surface area (Å²) in [6.07, 6.45) is 2.75. The summed E-state index contributed by atoms with van der Waals surface area (Å²) >= 11 is 0. The van der Waals surface area contributed by atoms with Crippen molar-refractivity contribution in [1.29, 1.82) is 0 Å². The number of nitrogens with two attached hydrogens (primary N) is 1. The van der Waals surface area contributed by atoms with Crippen LogP contribution in [0.4, 0.5) is 11.6 Å². The third-order valence-corrected chi connectivity index (χ3v) is 2.89. The Hall–Kier alpha value is -1.89. The molecule has 1 amide bonds. The molecule has 7 heteroatoms. The number of hydrazine groups is 1. The second kappa shape index (κ2) is 7.52. The fraction of sp³-hybridized carbons (Fsp3) is 0.583. The highest BCUT2D eigenvalue weighted by molar-refractivity contribution is 5.76. The van der Waals surface area contributed by atoms with Crippen molar-refractivity contribution in [3.8, 4) is 0 Å². The van der Waals surface area contributed by atoms with Gasteiger partial charge in [-0.1, -0.05) is 6.92 Å². The predicted octanol–water partition coefficient (Wildman–Crippen LogP) is 0.787. The number of aromatic nitrogens is 2. The van der Waals surface area contributed by atoms with Gasteiger partial charge in [0.1, 0.15) is 18.0 Å². The lowest BCUT2D eigenvalue weighted by atomic mass is 10.2. The van der Waals surface area contributed by atoms with Gasteiger partial charge in [-0.05, 0) is 20.3 Å². The summed E-state index contributed by atoms with van der Waals surface area (Å²) in [4.78, 5) is 19.7. The first-order valence-corrected chi connectivity index (χ1v) is 6.39. The van der Waals surface area contributed by atoms with E-state index in [0.29, 0.717) is 24.6 Å². The Morgan fingerprint density at radius 2 is 2.11 bits per heavy atom. The van der Waals surface area contributed by atoms with Crippen molar-refractivity contribution >= 4 is 17.5 Å². The molecule has 1 heterocycles. The van der Waals surface area contributed by atoms with Crippen LogP contribution in [0.25, 0.3) is 0 Å². The minimum absolute atomic E-state index is 0.0331. The first-order chi connectivity index (χ1) is 9.08. The maximum Gasteiger partial charge on any atom is 0.221 e. The van der Waals surface area contributed by atoms with Gasteiger partial charge in [0.05, 0.1) is 0 Å². The minimum Gasteiger partial charge on any atom is -0.369 e. The van der Waals surface area contributed by atoms with Gasteiger partial charge in [0.15, 0.2) is 0 Å². The lowest BCUT2D eigenvalue weighted by Crippen LogP contribution is -2.33. The van der Waals surface area contributed by atoms with E-state index in [9.17, 15) is 4.79 Å². The van der Waals surface area contributed by atoms with Crippen molar-refractivity contribution in [2.45, 2.75) is 39.7 Å². The molecule has 1 rings (SSSR count). The van der Waals surface area contributed by atoms with E-state index in [1.807, 2.05) is 20.8 Å². The maximum atomic E-state index is 11.6. The summed E-state index contributed by atoms with van der Waals surface area (Å²) in [6, 6.07) is 0.210. The normalized spacial score (nSPS) is 11.8. The lowest BCUT2D eigenvalue weighted by Gasteiger charge is -2.13. The molecule has 0 bridgehead atoms. The molecule has 0 spiro atoms. The van der Waals surface area contributed by atoms with E-state index in [0.717, 1.165) is 12.0 Å². The van der Waals surface area contributed by atoms with Crippen molar-refractivity contribution in [1.82, 2.24) is 15.3 Å². The minimum atomic E-state index is 0.0331. The van der Waals surface area contributed by atoms with Crippen LogP contribution in [0.3, 0.4) is 0 Å². The SMILES string of the molecule is CCC(C)NC(=O)CCNc1ncnc(NN)c1C. The number of carbonyl (C=O) groups excluding carboxylic acids is 1. The number of rotatable bonds is 7. The number of amides is 1. The van der Waals surface area contributed by atoms with Crippen molar-refractivity contribution < 1.29 is 4.79 Å². The Balaban J connectivity index is 2.43. The first kappa shape index (κ1) is 15.2. The highest BCUT2D eigenvalue weighted by Crippen LogP contribution is 2.16. The van der Waals surface area contributed by atoms with Gasteiger partial charge >= 0.3 is 0 Å². The molecule has 0 fully saturated rings. The Bertz CT molecular complexity index is 423. The predicted molar refractivity (Wildman–Crippen MR) is 75.6 cm³/mol. The number of carbonyl (C=O) groups is 1. The molecule has 1 unspecified atom stereocenters. The van der Waals surface area contributed by atoms with Crippen molar-refractivity contribution in [3.63, 3.8) is 0 Å². The molecule has 7 nitrogen and oxygen atoms in total. The molecule has 0 aliphatic rings. The molecular weight excluding hydrogens is 244 g/mol. The van der Waals surface area contributed by atoms with E-state index in [4.69, 9.17) is 5.84 Å². The van der Waals surface area contributed by atoms with Crippen LogP contribution in [0, 0.1) is 6.92 Å². The van der Waals surface area contributed by atoms with Crippen LogP contribution in [0.15, 0.2) is 6.33 Å². The molecule has 0 aromatic carbocycles. The summed E-state index contributed by atoms with van der Waals surface area (Å²) < 4.78 is 0. The second-order valence-electron chi connectivity index (χ2n) is 4.39. The zero-order valence-corrected chi connectivity index (χ0v) is 11.7. The molecule has 1 atom stereocenters. The average Bonchev–Trinajstić information content (AvgIpc) is 2.40. The number of hydrogen-bond acceptors (Lipinski definition) is 6. The molecular formula is C12H22N6O. The molecule has 0 aliphatic carbocycles. The van der Waals surface area contributed by atoms with Gasteiger partial charge in [0, 0.05) is 24.6 Å². The quantitative estimate of drug-likeness (QED) is 0.429. The summed E-state index contributed by atoms with van der Waals surface area (Å²) in [5, 5.41) is 6.01. The molecule has 5 N–H and O–H groups in total. The molecule has 106 valence electrons. The number of hydrogen-bond donors (Lipinski definition) is 4. The van der Waals surface area contributed by atoms with Crippen molar-refractivity contribution in [2.24, 2.45) is 5.84 Å². The Morgan fingerprint density at radius 1 is 1.42 bits per heavy atom. The van der Waals surface area contributed by atoms with Crippen LogP contribution < -0.4 is 21.9 Å². The summed E-state index contributed by atoms with van der Waals surface area (Å²) in [7, 11) is 0. The maximum absolute atomic E-state index is 11.6. The molecule has 0 aliphatic heterocycles. The van der Waals surface area contributed by atoms with Crippen molar-refractivity contribution in [2.75, 3.05) is 17.3 Å². The van der Waals surface area contributed by atoms with E-state index in [2.05, 4.69) is 26.0 Å². The number of anilines is 2. The topological polar surface area (TPSA) is 105 Å². The summed E-state index contributed by atoms with van der Waals surface area (Å²) in [6.45, 7) is 6.40. The van der Waals surface area contributed by atoms with Crippen LogP contribution in [0.5, 0.6) is 0 Å². The largest absolute Gasteiger partial charge is 0.369 e. The molecule has 1 aromatic rings. The van der Waals surface area contributed by atoms with Gasteiger partial charge in [0.25, 0.3) is 0 Å². The van der Waals surface area contributed by atoms with E-state index in [-0.39, 0.29) is 11.9 Å². The van der Waals surface area contributed by atoms with Crippen LogP contribution in [-0.4, -0.2) is 28.5 Å². The summed E-state index contributed by atoms with van der Waals surface area (Å²) in [5.74, 6) is 6.62. The number of nitrogens with one attached hydrogen (secondary N) is 3. The smallest absolute Gasteiger partial charge is 0.221 e. The fourth-order valence-electron chi connectivity index (χ4n) is 1.52. The van der Waals surface area contributed by atoms with Gasteiger partial charge in [-0.25, -0.2) is 15.8 Å². The zero-order chi connectivity index (χ0) is 14.3. The molecule has 0 radical (unpaired) electrons. The van der Waals surface area contributed by atoms with Gasteiger partial charge in [-0.3, -0.25) is 4.79 Å². The van der Waals surface area contributed by atoms with Crippen LogP contribution in [0.2, 0.25) is 0 Å². The van der Waals surface area contributed by atoms with Gasteiger partial charge < -0.3 is 16.1 Å². The first-order valence-electron chi connectivity index (χ1n) is 6.39. The average molecular weight is 266 g/mol. The zero-order valence-electron chi connectivity index (χ0n) is 11.7. The summed E-state index contributed by atoms with van der Waals surface area (Å²) in [5.41, 5.74) is 3.32. The highest BCUT2D eigenvalue weighted by atomic mass is 16.1. The van der Waals surface area contributed by atoms with Gasteiger partial charge in [0.2, 0.25) is 5.91 Å². The van der Waals surface area contributed by atoms with Gasteiger partial charge in [-0.2, -0.15) is 0 Å². The van der Waals surface area contributed by atoms with Crippen LogP contribution >= 0.6 is 0 Å². The number of nitrogens with zero attached hydrogens (tertiary/aromatic N) is 2. The second-order valence-corrected chi connectivity index (χ2v) is 4.39. The molecule has 0 saturated carbocycles. The molecule has 19 heavy (non-hydrogen) atoms. The Morgan fingerprint density at radius 3 is 2.74 bits per heavy atom. The van der Waals surface area contributed by atoms with Gasteiger partial charge in [-0.15, -0.1) is 0 Å². The van der Waals surface area contributed by atoms with Crippen LogP contribution in [0.1, 0.15) is 32.3 Å². The fourth-order valence-corrected chi connectivity index (χ4v) is 1.52. The lowest BCUT2D eigenvalue weighted by molar-refractivity contribution is -0.121. The van der Waals surface area contributed by atoms with Crippen molar-refractivity contribution in [3.05, 3.63) is 11.9 Å². The van der Waals surface area contributed by atoms with E-state index in [1.165, 1.54) is 6.33 Å². The molecule has 1 aromatic heterocycles. The van der Waals surface area contributed by atoms with E-state index < -0.39 is 0 Å². The highest BCUT2D eigenvalue weighted by Gasteiger charge is 2.07. The number of nitrogen functional groups attached to an aromatic ring is 1. The third kappa shape index (κ3) is 4.70. The standard InChI is InChI=1S/C12H22N6O/c1-4-8(2)17-10(19)5-6-14-11-9(3)12(18-13)16-7-15-11/h7-8H,4-6,13H2,1-3H3,(H,17,19)(H2,14,15,16,18). The van der Waals surface area contributed by atoms with E-state index in [1.54, 1.807) is 0 Å². The Kier molecular flexibility index (Phi) is 6.01. The Labute approximate surface area is 113 Å². The molecule has 0 saturated heterocycles.